The van der Waals surface area contributed by atoms with E-state index >= 15 is 0 Å². The van der Waals surface area contributed by atoms with Gasteiger partial charge in [-0.05, 0) is 44.0 Å². The summed E-state index contributed by atoms with van der Waals surface area (Å²) >= 11 is 0. The Morgan fingerprint density at radius 1 is 1.15 bits per heavy atom. The number of rotatable bonds is 5. The predicted molar refractivity (Wildman–Crippen MR) is 101 cm³/mol. The number of aryl methyl sites for hydroxylation is 1. The molecule has 134 valence electrons. The van der Waals surface area contributed by atoms with Crippen molar-refractivity contribution in [3.8, 4) is 0 Å². The molecule has 1 aliphatic carbocycles. The molecule has 5 rings (SSSR count). The fourth-order valence-electron chi connectivity index (χ4n) is 3.69. The standard InChI is InChI=1S/C19H23N7/c1-13-9-16(7-8-20-13)21-10-14-11-25(12-14)18-6-5-17-22-23-19(26(17)24-18)15-3-2-4-15/h5-9,14-15H,2-4,10-12H2,1H3,(H,20,21). The molecule has 0 amide bonds. The van der Waals surface area contributed by atoms with Crippen LogP contribution in [0.5, 0.6) is 0 Å². The van der Waals surface area contributed by atoms with Gasteiger partial charge in [0.1, 0.15) is 5.82 Å². The van der Waals surface area contributed by atoms with Crippen molar-refractivity contribution in [1.29, 1.82) is 0 Å². The number of nitrogens with one attached hydrogen (secondary N) is 1. The van der Waals surface area contributed by atoms with E-state index in [1.807, 2.05) is 29.8 Å². The van der Waals surface area contributed by atoms with Crippen molar-refractivity contribution < 1.29 is 0 Å². The molecule has 0 unspecified atom stereocenters. The number of anilines is 2. The Hall–Kier alpha value is -2.70. The van der Waals surface area contributed by atoms with Crippen LogP contribution in [0.2, 0.25) is 0 Å². The van der Waals surface area contributed by atoms with Crippen LogP contribution in [0.25, 0.3) is 5.65 Å². The second-order valence-electron chi connectivity index (χ2n) is 7.49. The van der Waals surface area contributed by atoms with Gasteiger partial charge in [0.15, 0.2) is 11.5 Å². The minimum atomic E-state index is 0.532. The summed E-state index contributed by atoms with van der Waals surface area (Å²) in [6, 6.07) is 8.19. The summed E-state index contributed by atoms with van der Waals surface area (Å²) in [6.07, 6.45) is 5.55. The first-order valence-electron chi connectivity index (χ1n) is 9.40. The zero-order valence-corrected chi connectivity index (χ0v) is 15.0. The normalized spacial score (nSPS) is 18.0. The maximum Gasteiger partial charge on any atom is 0.178 e. The van der Waals surface area contributed by atoms with Gasteiger partial charge in [-0.3, -0.25) is 4.98 Å². The van der Waals surface area contributed by atoms with Crippen LogP contribution in [-0.2, 0) is 0 Å². The summed E-state index contributed by atoms with van der Waals surface area (Å²) in [5, 5.41) is 17.0. The molecule has 7 nitrogen and oxygen atoms in total. The molecular formula is C19H23N7. The third-order valence-corrected chi connectivity index (χ3v) is 5.52. The van der Waals surface area contributed by atoms with Crippen molar-refractivity contribution in [3.05, 3.63) is 42.0 Å². The summed E-state index contributed by atoms with van der Waals surface area (Å²) in [6.45, 7) is 5.04. The Morgan fingerprint density at radius 3 is 2.81 bits per heavy atom. The lowest BCUT2D eigenvalue weighted by Gasteiger charge is -2.40. The van der Waals surface area contributed by atoms with Gasteiger partial charge in [-0.1, -0.05) is 6.42 Å². The summed E-state index contributed by atoms with van der Waals surface area (Å²) in [5.41, 5.74) is 3.03. The highest BCUT2D eigenvalue weighted by molar-refractivity contribution is 5.48. The van der Waals surface area contributed by atoms with Gasteiger partial charge in [-0.2, -0.15) is 4.52 Å². The molecule has 0 spiro atoms. The summed E-state index contributed by atoms with van der Waals surface area (Å²) in [7, 11) is 0. The van der Waals surface area contributed by atoms with Crippen molar-refractivity contribution >= 4 is 17.2 Å². The average Bonchev–Trinajstić information content (AvgIpc) is 2.95. The van der Waals surface area contributed by atoms with Crippen molar-refractivity contribution in [2.75, 3.05) is 29.9 Å². The average molecular weight is 349 g/mol. The fraction of sp³-hybridized carbons (Fsp3) is 0.474. The maximum absolute atomic E-state index is 4.81. The largest absolute Gasteiger partial charge is 0.385 e. The van der Waals surface area contributed by atoms with Gasteiger partial charge in [0.2, 0.25) is 0 Å². The quantitative estimate of drug-likeness (QED) is 0.763. The zero-order chi connectivity index (χ0) is 17.5. The van der Waals surface area contributed by atoms with Gasteiger partial charge < -0.3 is 10.2 Å². The van der Waals surface area contributed by atoms with Crippen LogP contribution in [-0.4, -0.2) is 44.4 Å². The smallest absolute Gasteiger partial charge is 0.178 e. The third kappa shape index (κ3) is 2.77. The molecule has 1 N–H and O–H groups in total. The van der Waals surface area contributed by atoms with Crippen molar-refractivity contribution in [2.45, 2.75) is 32.1 Å². The lowest BCUT2D eigenvalue weighted by molar-refractivity contribution is 0.393. The van der Waals surface area contributed by atoms with Crippen LogP contribution in [0.15, 0.2) is 30.5 Å². The molecule has 1 saturated heterocycles. The maximum atomic E-state index is 4.81. The van der Waals surface area contributed by atoms with Crippen LogP contribution in [0.1, 0.15) is 36.7 Å². The minimum absolute atomic E-state index is 0.532. The van der Waals surface area contributed by atoms with Crippen LogP contribution in [0.3, 0.4) is 0 Å². The van der Waals surface area contributed by atoms with E-state index in [-0.39, 0.29) is 0 Å². The predicted octanol–water partition coefficient (Wildman–Crippen LogP) is 2.64. The van der Waals surface area contributed by atoms with Crippen molar-refractivity contribution in [3.63, 3.8) is 0 Å². The first kappa shape index (κ1) is 15.5. The highest BCUT2D eigenvalue weighted by atomic mass is 15.4. The van der Waals surface area contributed by atoms with E-state index in [1.54, 1.807) is 0 Å². The van der Waals surface area contributed by atoms with Crippen LogP contribution < -0.4 is 10.2 Å². The Labute approximate surface area is 152 Å². The highest BCUT2D eigenvalue weighted by Gasteiger charge is 2.29. The van der Waals surface area contributed by atoms with Crippen LogP contribution >= 0.6 is 0 Å². The number of nitrogens with zero attached hydrogens (tertiary/aromatic N) is 6. The molecule has 1 saturated carbocycles. The number of fused-ring (bicyclic) bond motifs is 1. The number of hydrogen-bond donors (Lipinski definition) is 1. The number of hydrogen-bond acceptors (Lipinski definition) is 6. The van der Waals surface area contributed by atoms with Gasteiger partial charge in [-0.15, -0.1) is 15.3 Å². The molecule has 0 radical (unpaired) electrons. The van der Waals surface area contributed by atoms with Crippen LogP contribution in [0, 0.1) is 12.8 Å². The molecule has 7 heteroatoms. The van der Waals surface area contributed by atoms with Gasteiger partial charge in [0, 0.05) is 49.0 Å². The zero-order valence-electron chi connectivity index (χ0n) is 15.0. The number of pyridine rings is 1. The first-order valence-corrected chi connectivity index (χ1v) is 9.40. The summed E-state index contributed by atoms with van der Waals surface area (Å²) in [4.78, 5) is 6.56. The Bertz CT molecular complexity index is 925. The van der Waals surface area contributed by atoms with E-state index in [2.05, 4.69) is 37.5 Å². The second-order valence-corrected chi connectivity index (χ2v) is 7.49. The fourth-order valence-corrected chi connectivity index (χ4v) is 3.69. The molecule has 2 aliphatic rings. The molecule has 26 heavy (non-hydrogen) atoms. The van der Waals surface area contributed by atoms with E-state index in [1.165, 1.54) is 19.3 Å². The minimum Gasteiger partial charge on any atom is -0.385 e. The van der Waals surface area contributed by atoms with Gasteiger partial charge in [0.25, 0.3) is 0 Å². The molecule has 0 bridgehead atoms. The lowest BCUT2D eigenvalue weighted by Crippen LogP contribution is -2.50. The van der Waals surface area contributed by atoms with Gasteiger partial charge >= 0.3 is 0 Å². The molecule has 0 aromatic carbocycles. The summed E-state index contributed by atoms with van der Waals surface area (Å²) < 4.78 is 1.95. The molecule has 3 aromatic rings. The molecule has 4 heterocycles. The van der Waals surface area contributed by atoms with E-state index < -0.39 is 0 Å². The second kappa shape index (κ2) is 6.23. The molecule has 0 atom stereocenters. The van der Waals surface area contributed by atoms with E-state index in [0.717, 1.165) is 48.3 Å². The molecule has 1 aliphatic heterocycles. The molecule has 3 aromatic heterocycles. The van der Waals surface area contributed by atoms with Gasteiger partial charge in [-0.25, -0.2) is 0 Å². The number of aromatic nitrogens is 5. The van der Waals surface area contributed by atoms with Crippen molar-refractivity contribution in [2.24, 2.45) is 5.92 Å². The Balaban J connectivity index is 1.23. The lowest BCUT2D eigenvalue weighted by atomic mass is 9.85. The van der Waals surface area contributed by atoms with E-state index in [4.69, 9.17) is 5.10 Å². The molecule has 2 fully saturated rings. The first-order chi connectivity index (χ1) is 12.8. The SMILES string of the molecule is Cc1cc(NCC2CN(c3ccc4nnc(C5CCC5)n4n3)C2)ccn1. The summed E-state index contributed by atoms with van der Waals surface area (Å²) in [5.74, 6) is 3.21. The van der Waals surface area contributed by atoms with Crippen LogP contribution in [0.4, 0.5) is 11.5 Å². The Morgan fingerprint density at radius 2 is 2.04 bits per heavy atom. The highest BCUT2D eigenvalue weighted by Crippen LogP contribution is 2.35. The Kier molecular flexibility index (Phi) is 3.72. The topological polar surface area (TPSA) is 71.2 Å². The third-order valence-electron chi connectivity index (χ3n) is 5.52. The van der Waals surface area contributed by atoms with Crippen molar-refractivity contribution in [1.82, 2.24) is 24.8 Å². The monoisotopic (exact) mass is 349 g/mol. The molecular weight excluding hydrogens is 326 g/mol. The van der Waals surface area contributed by atoms with E-state index in [9.17, 15) is 0 Å². The van der Waals surface area contributed by atoms with Gasteiger partial charge in [0.05, 0.1) is 0 Å². The van der Waals surface area contributed by atoms with E-state index in [0.29, 0.717) is 11.8 Å².